The molecular weight excluding hydrogens is 308 g/mol. The molecule has 1 atom stereocenters. The zero-order valence-corrected chi connectivity index (χ0v) is 15.0. The SMILES string of the molecule is COc1ccc(CN[C@H](C)c2ccc(C)cc2)cc1-c1cccnc1. The molecule has 0 saturated heterocycles. The number of aromatic nitrogens is 1. The first-order chi connectivity index (χ1) is 12.2. The molecular formula is C22H24N2O. The van der Waals surface area contributed by atoms with Crippen molar-refractivity contribution in [2.45, 2.75) is 26.4 Å². The number of nitrogens with zero attached hydrogens (tertiary/aromatic N) is 1. The minimum absolute atomic E-state index is 0.296. The molecule has 0 saturated carbocycles. The predicted octanol–water partition coefficient (Wildman–Crippen LogP) is 4.92. The van der Waals surface area contributed by atoms with Crippen molar-refractivity contribution in [3.63, 3.8) is 0 Å². The quantitative estimate of drug-likeness (QED) is 0.696. The summed E-state index contributed by atoms with van der Waals surface area (Å²) in [4.78, 5) is 4.22. The van der Waals surface area contributed by atoms with Gasteiger partial charge in [-0.15, -0.1) is 0 Å². The molecule has 0 fully saturated rings. The van der Waals surface area contributed by atoms with Crippen LogP contribution in [0, 0.1) is 6.92 Å². The van der Waals surface area contributed by atoms with Crippen molar-refractivity contribution in [2.24, 2.45) is 0 Å². The first-order valence-electron chi connectivity index (χ1n) is 8.54. The van der Waals surface area contributed by atoms with Crippen LogP contribution in [0.4, 0.5) is 0 Å². The Kier molecular flexibility index (Phi) is 5.46. The molecule has 0 bridgehead atoms. The van der Waals surface area contributed by atoms with Gasteiger partial charge in [0.05, 0.1) is 7.11 Å². The third-order valence-corrected chi connectivity index (χ3v) is 4.43. The van der Waals surface area contributed by atoms with Gasteiger partial charge in [-0.25, -0.2) is 0 Å². The second kappa shape index (κ2) is 7.95. The monoisotopic (exact) mass is 332 g/mol. The second-order valence-electron chi connectivity index (χ2n) is 6.29. The number of aryl methyl sites for hydroxylation is 1. The van der Waals surface area contributed by atoms with Gasteiger partial charge >= 0.3 is 0 Å². The van der Waals surface area contributed by atoms with Gasteiger partial charge in [0.2, 0.25) is 0 Å². The molecule has 128 valence electrons. The first kappa shape index (κ1) is 17.2. The number of ether oxygens (including phenoxy) is 1. The van der Waals surface area contributed by atoms with E-state index in [-0.39, 0.29) is 0 Å². The smallest absolute Gasteiger partial charge is 0.126 e. The van der Waals surface area contributed by atoms with Crippen LogP contribution < -0.4 is 10.1 Å². The molecule has 0 spiro atoms. The summed E-state index contributed by atoms with van der Waals surface area (Å²) in [6.45, 7) is 5.10. The summed E-state index contributed by atoms with van der Waals surface area (Å²) in [7, 11) is 1.70. The van der Waals surface area contributed by atoms with Crippen LogP contribution in [-0.2, 0) is 6.54 Å². The van der Waals surface area contributed by atoms with Crippen molar-refractivity contribution in [2.75, 3.05) is 7.11 Å². The number of rotatable bonds is 6. The van der Waals surface area contributed by atoms with Crippen LogP contribution >= 0.6 is 0 Å². The van der Waals surface area contributed by atoms with Crippen molar-refractivity contribution in [3.05, 3.63) is 83.7 Å². The zero-order valence-electron chi connectivity index (χ0n) is 15.0. The molecule has 0 aliphatic carbocycles. The highest BCUT2D eigenvalue weighted by atomic mass is 16.5. The molecule has 2 aromatic carbocycles. The maximum atomic E-state index is 5.51. The minimum atomic E-state index is 0.296. The molecule has 0 aliphatic heterocycles. The summed E-state index contributed by atoms with van der Waals surface area (Å²) >= 11 is 0. The molecule has 25 heavy (non-hydrogen) atoms. The van der Waals surface area contributed by atoms with E-state index in [1.807, 2.05) is 18.3 Å². The number of hydrogen-bond donors (Lipinski definition) is 1. The third-order valence-electron chi connectivity index (χ3n) is 4.43. The summed E-state index contributed by atoms with van der Waals surface area (Å²) < 4.78 is 5.51. The van der Waals surface area contributed by atoms with Crippen molar-refractivity contribution >= 4 is 0 Å². The highest BCUT2D eigenvalue weighted by Crippen LogP contribution is 2.30. The molecule has 1 N–H and O–H groups in total. The number of pyridine rings is 1. The molecule has 1 heterocycles. The van der Waals surface area contributed by atoms with Crippen LogP contribution in [0.15, 0.2) is 67.0 Å². The van der Waals surface area contributed by atoms with E-state index in [1.54, 1.807) is 13.3 Å². The lowest BCUT2D eigenvalue weighted by atomic mass is 10.0. The van der Waals surface area contributed by atoms with Crippen LogP contribution in [-0.4, -0.2) is 12.1 Å². The fourth-order valence-electron chi connectivity index (χ4n) is 2.86. The Hall–Kier alpha value is -2.65. The van der Waals surface area contributed by atoms with E-state index in [4.69, 9.17) is 4.74 Å². The van der Waals surface area contributed by atoms with Gasteiger partial charge in [0.15, 0.2) is 0 Å². The van der Waals surface area contributed by atoms with E-state index >= 15 is 0 Å². The van der Waals surface area contributed by atoms with E-state index in [0.717, 1.165) is 23.4 Å². The van der Waals surface area contributed by atoms with Gasteiger partial charge in [0, 0.05) is 36.1 Å². The lowest BCUT2D eigenvalue weighted by Gasteiger charge is -2.16. The highest BCUT2D eigenvalue weighted by Gasteiger charge is 2.09. The number of hydrogen-bond acceptors (Lipinski definition) is 3. The lowest BCUT2D eigenvalue weighted by molar-refractivity contribution is 0.416. The molecule has 3 nitrogen and oxygen atoms in total. The van der Waals surface area contributed by atoms with Crippen LogP contribution in [0.2, 0.25) is 0 Å². The van der Waals surface area contributed by atoms with Crippen molar-refractivity contribution < 1.29 is 4.74 Å². The number of benzene rings is 2. The van der Waals surface area contributed by atoms with Crippen LogP contribution in [0.1, 0.15) is 29.7 Å². The molecule has 1 aromatic heterocycles. The zero-order chi connectivity index (χ0) is 17.6. The van der Waals surface area contributed by atoms with E-state index in [2.05, 4.69) is 66.6 Å². The van der Waals surface area contributed by atoms with E-state index in [9.17, 15) is 0 Å². The largest absolute Gasteiger partial charge is 0.496 e. The topological polar surface area (TPSA) is 34.1 Å². The van der Waals surface area contributed by atoms with E-state index < -0.39 is 0 Å². The Labute approximate surface area is 149 Å². The average Bonchev–Trinajstić information content (AvgIpc) is 2.67. The molecule has 3 rings (SSSR count). The normalized spacial score (nSPS) is 12.0. The van der Waals surface area contributed by atoms with Gasteiger partial charge in [0.1, 0.15) is 5.75 Å². The van der Waals surface area contributed by atoms with Crippen LogP contribution in [0.5, 0.6) is 5.75 Å². The molecule has 3 aromatic rings. The number of methoxy groups -OCH3 is 1. The highest BCUT2D eigenvalue weighted by molar-refractivity contribution is 5.70. The summed E-state index contributed by atoms with van der Waals surface area (Å²) in [5, 5.41) is 3.59. The maximum Gasteiger partial charge on any atom is 0.126 e. The predicted molar refractivity (Wildman–Crippen MR) is 103 cm³/mol. The first-order valence-corrected chi connectivity index (χ1v) is 8.54. The summed E-state index contributed by atoms with van der Waals surface area (Å²) in [5.74, 6) is 0.864. The average molecular weight is 332 g/mol. The van der Waals surface area contributed by atoms with Gasteiger partial charge in [-0.2, -0.15) is 0 Å². The van der Waals surface area contributed by atoms with Gasteiger partial charge in [0.25, 0.3) is 0 Å². The van der Waals surface area contributed by atoms with Gasteiger partial charge in [-0.1, -0.05) is 42.0 Å². The summed E-state index contributed by atoms with van der Waals surface area (Å²) in [6, 6.07) is 19.3. The Morgan fingerprint density at radius 1 is 1.08 bits per heavy atom. The van der Waals surface area contributed by atoms with E-state index in [1.165, 1.54) is 16.7 Å². The fraction of sp³-hybridized carbons (Fsp3) is 0.227. The summed E-state index contributed by atoms with van der Waals surface area (Å²) in [6.07, 6.45) is 3.65. The van der Waals surface area contributed by atoms with Gasteiger partial charge < -0.3 is 10.1 Å². The third kappa shape index (κ3) is 4.25. The Morgan fingerprint density at radius 2 is 1.88 bits per heavy atom. The fourth-order valence-corrected chi connectivity index (χ4v) is 2.86. The lowest BCUT2D eigenvalue weighted by Crippen LogP contribution is -2.18. The van der Waals surface area contributed by atoms with Crippen LogP contribution in [0.3, 0.4) is 0 Å². The maximum absolute atomic E-state index is 5.51. The summed E-state index contributed by atoms with van der Waals surface area (Å²) in [5.41, 5.74) is 5.93. The van der Waals surface area contributed by atoms with Gasteiger partial charge in [-0.05, 0) is 43.2 Å². The van der Waals surface area contributed by atoms with Crippen molar-refractivity contribution in [1.29, 1.82) is 0 Å². The Bertz CT molecular complexity index is 813. The number of nitrogens with one attached hydrogen (secondary N) is 1. The van der Waals surface area contributed by atoms with Crippen molar-refractivity contribution in [3.8, 4) is 16.9 Å². The standard InChI is InChI=1S/C22H24N2O/c1-16-6-9-19(10-7-16)17(2)24-14-18-8-11-22(25-3)21(13-18)20-5-4-12-23-15-20/h4-13,15,17,24H,14H2,1-3H3/t17-/m1/s1. The van der Waals surface area contributed by atoms with Gasteiger partial charge in [-0.3, -0.25) is 4.98 Å². The molecule has 0 unspecified atom stereocenters. The molecule has 0 amide bonds. The second-order valence-corrected chi connectivity index (χ2v) is 6.29. The van der Waals surface area contributed by atoms with E-state index in [0.29, 0.717) is 6.04 Å². The van der Waals surface area contributed by atoms with Crippen LogP contribution in [0.25, 0.3) is 11.1 Å². The molecule has 0 aliphatic rings. The Morgan fingerprint density at radius 3 is 2.56 bits per heavy atom. The minimum Gasteiger partial charge on any atom is -0.496 e. The Balaban J connectivity index is 1.76. The molecule has 0 radical (unpaired) electrons. The van der Waals surface area contributed by atoms with Crippen molar-refractivity contribution in [1.82, 2.24) is 10.3 Å². The molecule has 3 heteroatoms.